The van der Waals surface area contributed by atoms with Gasteiger partial charge in [0.2, 0.25) is 5.95 Å². The molecule has 0 bridgehead atoms. The number of aryl methyl sites for hydroxylation is 2. The maximum absolute atomic E-state index is 14.5. The van der Waals surface area contributed by atoms with Crippen LogP contribution in [-0.2, 0) is 0 Å². The summed E-state index contributed by atoms with van der Waals surface area (Å²) in [6, 6.07) is 9.57. The zero-order valence-electron chi connectivity index (χ0n) is 17.4. The van der Waals surface area contributed by atoms with Gasteiger partial charge in [-0.2, -0.15) is 4.39 Å². The van der Waals surface area contributed by atoms with Crippen molar-refractivity contribution >= 4 is 39.5 Å². The van der Waals surface area contributed by atoms with Crippen LogP contribution in [0.15, 0.2) is 48.8 Å². The molecule has 2 aromatic carbocycles. The number of pyridine rings is 2. The van der Waals surface area contributed by atoms with Crippen LogP contribution in [0.3, 0.4) is 0 Å². The molecule has 3 heterocycles. The molecule has 5 aromatic rings. The van der Waals surface area contributed by atoms with Gasteiger partial charge in [0.25, 0.3) is 0 Å². The van der Waals surface area contributed by atoms with E-state index >= 15 is 0 Å². The molecule has 0 aliphatic heterocycles. The first-order chi connectivity index (χ1) is 15.8. The van der Waals surface area contributed by atoms with Crippen LogP contribution < -0.4 is 0 Å². The van der Waals surface area contributed by atoms with Crippen molar-refractivity contribution in [2.24, 2.45) is 0 Å². The molecule has 0 atom stereocenters. The number of aromatic carboxylic acids is 1. The number of rotatable bonds is 3. The van der Waals surface area contributed by atoms with E-state index in [-0.39, 0.29) is 22.2 Å². The Morgan fingerprint density at radius 2 is 1.88 bits per heavy atom. The fraction of sp³-hybridized carbons (Fsp3) is 0.0833. The van der Waals surface area contributed by atoms with Crippen LogP contribution in [0.2, 0.25) is 5.02 Å². The highest BCUT2D eigenvalue weighted by atomic mass is 35.5. The third kappa shape index (κ3) is 3.22. The van der Waals surface area contributed by atoms with Gasteiger partial charge in [0.1, 0.15) is 11.3 Å². The van der Waals surface area contributed by atoms with Crippen LogP contribution in [0.1, 0.15) is 21.7 Å². The number of aromatic nitrogens is 4. The van der Waals surface area contributed by atoms with Crippen molar-refractivity contribution in [1.82, 2.24) is 19.5 Å². The Morgan fingerprint density at radius 1 is 1.09 bits per heavy atom. The molecule has 9 heteroatoms. The van der Waals surface area contributed by atoms with E-state index in [1.165, 1.54) is 12.1 Å². The van der Waals surface area contributed by atoms with Gasteiger partial charge < -0.3 is 5.11 Å². The number of carboxylic acids is 1. The summed E-state index contributed by atoms with van der Waals surface area (Å²) in [6.07, 6.45) is 2.80. The Bertz CT molecular complexity index is 1610. The summed E-state index contributed by atoms with van der Waals surface area (Å²) >= 11 is 6.36. The van der Waals surface area contributed by atoms with Gasteiger partial charge in [-0.25, -0.2) is 19.2 Å². The predicted molar refractivity (Wildman–Crippen MR) is 121 cm³/mol. The minimum atomic E-state index is -1.26. The van der Waals surface area contributed by atoms with E-state index in [0.29, 0.717) is 21.9 Å². The van der Waals surface area contributed by atoms with Gasteiger partial charge in [-0.1, -0.05) is 23.7 Å². The first kappa shape index (κ1) is 21.0. The molecule has 0 spiro atoms. The molecule has 0 fully saturated rings. The smallest absolute Gasteiger partial charge is 0.337 e. The SMILES string of the molecule is Cc1cnc2c(Cl)cccc2c1-n1c(C)nc2c(C(=O)O)cc(-c3ccnc(F)c3F)cc21. The number of benzene rings is 2. The first-order valence-corrected chi connectivity index (χ1v) is 10.3. The Morgan fingerprint density at radius 3 is 2.64 bits per heavy atom. The highest BCUT2D eigenvalue weighted by Crippen LogP contribution is 2.35. The number of carbonyl (C=O) groups is 1. The lowest BCUT2D eigenvalue weighted by Gasteiger charge is -2.15. The molecule has 0 aliphatic rings. The van der Waals surface area contributed by atoms with Crippen molar-refractivity contribution in [2.75, 3.05) is 0 Å². The van der Waals surface area contributed by atoms with Crippen molar-refractivity contribution in [3.8, 4) is 16.8 Å². The number of fused-ring (bicyclic) bond motifs is 2. The number of imidazole rings is 1. The second-order valence-electron chi connectivity index (χ2n) is 7.58. The summed E-state index contributed by atoms with van der Waals surface area (Å²) in [6.45, 7) is 3.61. The molecule has 0 aliphatic carbocycles. The molecule has 5 rings (SSSR count). The second-order valence-corrected chi connectivity index (χ2v) is 7.99. The fourth-order valence-electron chi connectivity index (χ4n) is 4.10. The summed E-state index contributed by atoms with van der Waals surface area (Å²) in [5, 5.41) is 11.1. The van der Waals surface area contributed by atoms with Gasteiger partial charge in [0, 0.05) is 23.3 Å². The number of hydrogen-bond donors (Lipinski definition) is 1. The molecule has 164 valence electrons. The largest absolute Gasteiger partial charge is 0.478 e. The molecule has 0 unspecified atom stereocenters. The van der Waals surface area contributed by atoms with Gasteiger partial charge in [-0.15, -0.1) is 0 Å². The monoisotopic (exact) mass is 464 g/mol. The zero-order chi connectivity index (χ0) is 23.4. The van der Waals surface area contributed by atoms with E-state index < -0.39 is 17.7 Å². The molecular formula is C24H15ClF2N4O2. The zero-order valence-corrected chi connectivity index (χ0v) is 18.2. The summed E-state index contributed by atoms with van der Waals surface area (Å²) in [7, 11) is 0. The molecule has 1 N–H and O–H groups in total. The molecular weight excluding hydrogens is 450 g/mol. The maximum atomic E-state index is 14.5. The first-order valence-electron chi connectivity index (χ1n) is 9.89. The predicted octanol–water partition coefficient (Wildman–Crippen LogP) is 5.88. The molecule has 6 nitrogen and oxygen atoms in total. The maximum Gasteiger partial charge on any atom is 0.337 e. The Kier molecular flexibility index (Phi) is 4.83. The van der Waals surface area contributed by atoms with E-state index in [1.807, 2.05) is 13.0 Å². The topological polar surface area (TPSA) is 80.9 Å². The molecule has 0 saturated carbocycles. The lowest BCUT2D eigenvalue weighted by atomic mass is 10.0. The minimum absolute atomic E-state index is 0.100. The van der Waals surface area contributed by atoms with Crippen molar-refractivity contribution in [2.45, 2.75) is 13.8 Å². The Balaban J connectivity index is 1.93. The summed E-state index contributed by atoms with van der Waals surface area (Å²) in [5.74, 6) is -3.14. The van der Waals surface area contributed by atoms with Crippen molar-refractivity contribution in [3.63, 3.8) is 0 Å². The summed E-state index contributed by atoms with van der Waals surface area (Å²) in [5.41, 5.74) is 2.71. The van der Waals surface area contributed by atoms with E-state index in [0.717, 1.165) is 22.8 Å². The molecule has 0 amide bonds. The lowest BCUT2D eigenvalue weighted by Crippen LogP contribution is -2.03. The lowest BCUT2D eigenvalue weighted by molar-refractivity contribution is 0.0699. The Labute approximate surface area is 191 Å². The third-order valence-corrected chi connectivity index (χ3v) is 5.85. The number of halogens is 3. The molecule has 0 saturated heterocycles. The van der Waals surface area contributed by atoms with Gasteiger partial charge in [0.15, 0.2) is 5.82 Å². The van der Waals surface area contributed by atoms with Gasteiger partial charge in [0.05, 0.1) is 27.3 Å². The standard InChI is InChI=1S/C24H15ClF2N4O2/c1-11-10-29-20-15(4-3-5-17(20)25)22(11)31-12(2)30-21-16(24(32)33)8-13(9-18(21)31)14-6-7-28-23(27)19(14)26/h3-10H,1-2H3,(H,32,33). The number of carboxylic acid groups (broad SMARTS) is 1. The van der Waals surface area contributed by atoms with Crippen molar-refractivity contribution in [3.05, 3.63) is 82.5 Å². The van der Waals surface area contributed by atoms with E-state index in [2.05, 4.69) is 15.0 Å². The quantitative estimate of drug-likeness (QED) is 0.337. The van der Waals surface area contributed by atoms with Gasteiger partial charge in [-0.3, -0.25) is 9.55 Å². The number of hydrogen-bond acceptors (Lipinski definition) is 4. The van der Waals surface area contributed by atoms with E-state index in [9.17, 15) is 18.7 Å². The van der Waals surface area contributed by atoms with Gasteiger partial charge >= 0.3 is 5.97 Å². The number of nitrogens with zero attached hydrogens (tertiary/aromatic N) is 4. The normalized spacial score (nSPS) is 11.4. The third-order valence-electron chi connectivity index (χ3n) is 5.54. The second kappa shape index (κ2) is 7.60. The highest BCUT2D eigenvalue weighted by molar-refractivity contribution is 6.35. The van der Waals surface area contributed by atoms with Crippen molar-refractivity contribution < 1.29 is 18.7 Å². The van der Waals surface area contributed by atoms with Crippen LogP contribution in [0.4, 0.5) is 8.78 Å². The average Bonchev–Trinajstić information content (AvgIpc) is 3.10. The molecule has 33 heavy (non-hydrogen) atoms. The minimum Gasteiger partial charge on any atom is -0.478 e. The number of para-hydroxylation sites is 1. The van der Waals surface area contributed by atoms with Gasteiger partial charge in [-0.05, 0) is 49.2 Å². The van der Waals surface area contributed by atoms with E-state index in [1.54, 1.807) is 35.9 Å². The van der Waals surface area contributed by atoms with Crippen LogP contribution in [0.25, 0.3) is 38.8 Å². The Hall–Kier alpha value is -3.91. The fourth-order valence-corrected chi connectivity index (χ4v) is 4.33. The average molecular weight is 465 g/mol. The summed E-state index contributed by atoms with van der Waals surface area (Å²) < 4.78 is 30.1. The van der Waals surface area contributed by atoms with Crippen LogP contribution >= 0.6 is 11.6 Å². The highest BCUT2D eigenvalue weighted by Gasteiger charge is 2.22. The molecule has 3 aromatic heterocycles. The molecule has 0 radical (unpaired) electrons. The van der Waals surface area contributed by atoms with Crippen LogP contribution in [-0.4, -0.2) is 30.6 Å². The summed E-state index contributed by atoms with van der Waals surface area (Å²) in [4.78, 5) is 24.3. The van der Waals surface area contributed by atoms with Crippen LogP contribution in [0.5, 0.6) is 0 Å². The van der Waals surface area contributed by atoms with Crippen molar-refractivity contribution in [1.29, 1.82) is 0 Å². The van der Waals surface area contributed by atoms with Crippen LogP contribution in [0, 0.1) is 25.6 Å². The van der Waals surface area contributed by atoms with E-state index in [4.69, 9.17) is 11.6 Å².